The quantitative estimate of drug-likeness (QED) is 0.789. The molecular formula is C19H20ClN3O4. The molecule has 0 N–H and O–H groups in total. The standard InChI is InChI=1S/C19H19N3O4.ClH/c1-25-16-2-3-17-14(10-16)11-21(18(23)13-4-7-20-8-5-13)9-6-15-12-26-19(24)22(15)17;/h2-5,7-8,10,15H,6,9,11-12H2,1H3;1H/t15-;/m0./s1. The molecule has 7 nitrogen and oxygen atoms in total. The summed E-state index contributed by atoms with van der Waals surface area (Å²) in [6.45, 7) is 1.27. The summed E-state index contributed by atoms with van der Waals surface area (Å²) in [5.74, 6) is 0.629. The first kappa shape index (κ1) is 19.0. The van der Waals surface area contributed by atoms with Crippen molar-refractivity contribution >= 4 is 30.1 Å². The summed E-state index contributed by atoms with van der Waals surface area (Å²) >= 11 is 0. The molecule has 1 atom stereocenters. The van der Waals surface area contributed by atoms with Gasteiger partial charge in [0.05, 0.1) is 18.8 Å². The minimum atomic E-state index is -0.338. The van der Waals surface area contributed by atoms with Crippen LogP contribution in [0.2, 0.25) is 0 Å². The van der Waals surface area contributed by atoms with Crippen molar-refractivity contribution in [1.29, 1.82) is 0 Å². The zero-order valence-corrected chi connectivity index (χ0v) is 15.6. The van der Waals surface area contributed by atoms with Gasteiger partial charge in [0.15, 0.2) is 0 Å². The Hall–Kier alpha value is -2.80. The molecule has 2 aliphatic rings. The van der Waals surface area contributed by atoms with Gasteiger partial charge in [0.25, 0.3) is 5.91 Å². The molecule has 0 unspecified atom stereocenters. The SMILES string of the molecule is COc1ccc2c(c1)CN(C(=O)c1ccncc1)CC[C@H]1COC(=O)N21.Cl. The van der Waals surface area contributed by atoms with Crippen LogP contribution in [-0.2, 0) is 11.3 Å². The van der Waals surface area contributed by atoms with Gasteiger partial charge in [-0.3, -0.25) is 14.7 Å². The lowest BCUT2D eigenvalue weighted by molar-refractivity contribution is 0.0734. The summed E-state index contributed by atoms with van der Waals surface area (Å²) in [4.78, 5) is 32.6. The molecule has 2 amide bonds. The van der Waals surface area contributed by atoms with Crippen LogP contribution in [-0.4, -0.2) is 48.2 Å². The average Bonchev–Trinajstić information content (AvgIpc) is 3.03. The maximum Gasteiger partial charge on any atom is 0.414 e. The van der Waals surface area contributed by atoms with Crippen molar-refractivity contribution in [2.45, 2.75) is 19.0 Å². The van der Waals surface area contributed by atoms with E-state index in [1.165, 1.54) is 0 Å². The van der Waals surface area contributed by atoms with Gasteiger partial charge in [-0.2, -0.15) is 0 Å². The third-order valence-electron chi connectivity index (χ3n) is 4.82. The molecule has 2 aromatic rings. The highest BCUT2D eigenvalue weighted by molar-refractivity contribution is 5.95. The predicted molar refractivity (Wildman–Crippen MR) is 101 cm³/mol. The van der Waals surface area contributed by atoms with E-state index in [2.05, 4.69) is 4.98 Å². The van der Waals surface area contributed by atoms with Crippen molar-refractivity contribution in [1.82, 2.24) is 9.88 Å². The summed E-state index contributed by atoms with van der Waals surface area (Å²) in [7, 11) is 1.59. The van der Waals surface area contributed by atoms with E-state index in [-0.39, 0.29) is 30.4 Å². The molecule has 0 bridgehead atoms. The Balaban J connectivity index is 0.00000210. The van der Waals surface area contributed by atoms with Crippen LogP contribution in [0.15, 0.2) is 42.7 Å². The first-order chi connectivity index (χ1) is 12.7. The number of nitrogens with zero attached hydrogens (tertiary/aromatic N) is 3. The maximum atomic E-state index is 12.9. The second-order valence-electron chi connectivity index (χ2n) is 6.35. The lowest BCUT2D eigenvalue weighted by Gasteiger charge is -2.32. The number of aromatic nitrogens is 1. The largest absolute Gasteiger partial charge is 0.497 e. The van der Waals surface area contributed by atoms with E-state index < -0.39 is 0 Å². The molecule has 0 spiro atoms. The second kappa shape index (κ2) is 7.84. The van der Waals surface area contributed by atoms with E-state index in [4.69, 9.17) is 9.47 Å². The Morgan fingerprint density at radius 3 is 2.78 bits per heavy atom. The van der Waals surface area contributed by atoms with Gasteiger partial charge >= 0.3 is 6.09 Å². The van der Waals surface area contributed by atoms with E-state index in [1.54, 1.807) is 41.4 Å². The molecule has 2 aliphatic heterocycles. The number of fused-ring (bicyclic) bond motifs is 3. The molecule has 0 aliphatic carbocycles. The number of rotatable bonds is 2. The van der Waals surface area contributed by atoms with Gasteiger partial charge in [-0.1, -0.05) is 0 Å². The van der Waals surface area contributed by atoms with Gasteiger partial charge in [-0.15, -0.1) is 12.4 Å². The first-order valence-electron chi connectivity index (χ1n) is 8.49. The first-order valence-corrected chi connectivity index (χ1v) is 8.49. The fraction of sp³-hybridized carbons (Fsp3) is 0.316. The van der Waals surface area contributed by atoms with E-state index in [9.17, 15) is 9.59 Å². The second-order valence-corrected chi connectivity index (χ2v) is 6.35. The van der Waals surface area contributed by atoms with Crippen LogP contribution in [0.5, 0.6) is 5.75 Å². The molecule has 8 heteroatoms. The smallest absolute Gasteiger partial charge is 0.414 e. The molecule has 0 saturated carbocycles. The van der Waals surface area contributed by atoms with Gasteiger partial charge < -0.3 is 14.4 Å². The van der Waals surface area contributed by atoms with Crippen LogP contribution in [0.4, 0.5) is 10.5 Å². The Kier molecular flexibility index (Phi) is 5.51. The fourth-order valence-electron chi connectivity index (χ4n) is 3.46. The number of pyridine rings is 1. The number of benzene rings is 1. The van der Waals surface area contributed by atoms with Gasteiger partial charge in [0.2, 0.25) is 0 Å². The van der Waals surface area contributed by atoms with E-state index in [0.717, 1.165) is 11.3 Å². The van der Waals surface area contributed by atoms with Gasteiger partial charge in [0, 0.05) is 31.0 Å². The lowest BCUT2D eigenvalue weighted by atomic mass is 10.0. The summed E-state index contributed by atoms with van der Waals surface area (Å²) in [5.41, 5.74) is 2.22. The molecule has 3 heterocycles. The Labute approximate surface area is 163 Å². The van der Waals surface area contributed by atoms with Crippen LogP contribution in [0, 0.1) is 0 Å². The van der Waals surface area contributed by atoms with Crippen LogP contribution in [0.3, 0.4) is 0 Å². The summed E-state index contributed by atoms with van der Waals surface area (Å²) in [6, 6.07) is 8.88. The summed E-state index contributed by atoms with van der Waals surface area (Å²) in [5, 5.41) is 0. The Morgan fingerprint density at radius 2 is 2.04 bits per heavy atom. The number of cyclic esters (lactones) is 1. The van der Waals surface area contributed by atoms with Crippen molar-refractivity contribution in [2.75, 3.05) is 25.2 Å². The van der Waals surface area contributed by atoms with Crippen LogP contribution < -0.4 is 9.64 Å². The Bertz CT molecular complexity index is 846. The number of carbonyl (C=O) groups excluding carboxylic acids is 2. The topological polar surface area (TPSA) is 72.0 Å². The number of amides is 2. The molecule has 4 rings (SSSR count). The number of hydrogen-bond acceptors (Lipinski definition) is 5. The van der Waals surface area contributed by atoms with Crippen LogP contribution in [0.1, 0.15) is 22.3 Å². The number of carbonyl (C=O) groups is 2. The van der Waals surface area contributed by atoms with E-state index in [0.29, 0.717) is 37.4 Å². The van der Waals surface area contributed by atoms with Crippen molar-refractivity contribution in [3.05, 3.63) is 53.9 Å². The minimum Gasteiger partial charge on any atom is -0.497 e. The number of halogens is 1. The number of hydrogen-bond donors (Lipinski definition) is 0. The molecule has 1 fully saturated rings. The molecule has 1 saturated heterocycles. The molecule has 1 aromatic carbocycles. The van der Waals surface area contributed by atoms with Crippen molar-refractivity contribution in [3.63, 3.8) is 0 Å². The molecule has 27 heavy (non-hydrogen) atoms. The highest BCUT2D eigenvalue weighted by Gasteiger charge is 2.37. The highest BCUT2D eigenvalue weighted by atomic mass is 35.5. The number of anilines is 1. The molecule has 142 valence electrons. The molecule has 1 aromatic heterocycles. The van der Waals surface area contributed by atoms with Crippen molar-refractivity contribution in [3.8, 4) is 5.75 Å². The van der Waals surface area contributed by atoms with Crippen molar-refractivity contribution in [2.24, 2.45) is 0 Å². The molecule has 0 radical (unpaired) electrons. The lowest BCUT2D eigenvalue weighted by Crippen LogP contribution is -2.42. The highest BCUT2D eigenvalue weighted by Crippen LogP contribution is 2.34. The van der Waals surface area contributed by atoms with E-state index >= 15 is 0 Å². The predicted octanol–water partition coefficient (Wildman–Crippen LogP) is 2.88. The van der Waals surface area contributed by atoms with Crippen LogP contribution >= 0.6 is 12.4 Å². The third-order valence-corrected chi connectivity index (χ3v) is 4.82. The number of ether oxygens (including phenoxy) is 2. The zero-order valence-electron chi connectivity index (χ0n) is 14.8. The van der Waals surface area contributed by atoms with Crippen LogP contribution in [0.25, 0.3) is 0 Å². The van der Waals surface area contributed by atoms with Gasteiger partial charge in [-0.05, 0) is 42.3 Å². The summed E-state index contributed by atoms with van der Waals surface area (Å²) < 4.78 is 10.6. The summed E-state index contributed by atoms with van der Waals surface area (Å²) in [6.07, 6.45) is 3.54. The average molecular weight is 390 g/mol. The Morgan fingerprint density at radius 1 is 1.26 bits per heavy atom. The van der Waals surface area contributed by atoms with Crippen molar-refractivity contribution < 1.29 is 19.1 Å². The monoisotopic (exact) mass is 389 g/mol. The van der Waals surface area contributed by atoms with E-state index in [1.807, 2.05) is 18.2 Å². The molecular weight excluding hydrogens is 370 g/mol. The third kappa shape index (κ3) is 3.55. The maximum absolute atomic E-state index is 12.9. The number of methoxy groups -OCH3 is 1. The van der Waals surface area contributed by atoms with Gasteiger partial charge in [-0.25, -0.2) is 4.79 Å². The van der Waals surface area contributed by atoms with Gasteiger partial charge in [0.1, 0.15) is 12.4 Å². The zero-order chi connectivity index (χ0) is 18.1. The normalized spacial score (nSPS) is 18.4. The minimum absolute atomic E-state index is 0. The fourth-order valence-corrected chi connectivity index (χ4v) is 3.46.